The smallest absolute Gasteiger partial charge is 0.321 e. The highest BCUT2D eigenvalue weighted by molar-refractivity contribution is 6.39. The summed E-state index contributed by atoms with van der Waals surface area (Å²) in [4.78, 5) is 11.7. The minimum absolute atomic E-state index is 0.0387. The van der Waals surface area contributed by atoms with Gasteiger partial charge in [-0.3, -0.25) is 0 Å². The number of benzene rings is 2. The van der Waals surface area contributed by atoms with Gasteiger partial charge in [0.15, 0.2) is 6.73 Å². The zero-order valence-corrected chi connectivity index (χ0v) is 12.8. The third-order valence-electron chi connectivity index (χ3n) is 2.69. The van der Waals surface area contributed by atoms with Gasteiger partial charge in [-0.2, -0.15) is 0 Å². The first-order valence-electron chi connectivity index (χ1n) is 6.24. The van der Waals surface area contributed by atoms with Crippen LogP contribution in [0.5, 0.6) is 5.75 Å². The fraction of sp³-hybridized carbons (Fsp3) is 0.133. The van der Waals surface area contributed by atoms with Crippen LogP contribution in [0.25, 0.3) is 0 Å². The molecule has 0 saturated heterocycles. The van der Waals surface area contributed by atoms with Crippen molar-refractivity contribution >= 4 is 34.9 Å². The summed E-state index contributed by atoms with van der Waals surface area (Å²) < 4.78 is 5.39. The van der Waals surface area contributed by atoms with E-state index in [9.17, 15) is 4.79 Å². The average molecular weight is 325 g/mol. The molecule has 0 radical (unpaired) electrons. The van der Waals surface area contributed by atoms with E-state index >= 15 is 0 Å². The van der Waals surface area contributed by atoms with Crippen molar-refractivity contribution in [1.29, 1.82) is 0 Å². The second kappa shape index (κ2) is 7.20. The van der Waals surface area contributed by atoms with Crippen molar-refractivity contribution < 1.29 is 9.53 Å². The molecule has 0 spiro atoms. The van der Waals surface area contributed by atoms with Crippen LogP contribution in [0.1, 0.15) is 5.56 Å². The van der Waals surface area contributed by atoms with E-state index in [1.54, 1.807) is 18.2 Å². The van der Waals surface area contributed by atoms with Crippen molar-refractivity contribution in [2.45, 2.75) is 6.92 Å². The van der Waals surface area contributed by atoms with Gasteiger partial charge >= 0.3 is 6.03 Å². The second-order valence-electron chi connectivity index (χ2n) is 4.33. The monoisotopic (exact) mass is 324 g/mol. The lowest BCUT2D eigenvalue weighted by atomic mass is 10.2. The first-order valence-corrected chi connectivity index (χ1v) is 7.00. The summed E-state index contributed by atoms with van der Waals surface area (Å²) in [7, 11) is 0. The number of hydrogen-bond donors (Lipinski definition) is 2. The van der Waals surface area contributed by atoms with Crippen LogP contribution >= 0.6 is 23.2 Å². The number of carbonyl (C=O) groups excluding carboxylic acids is 1. The molecule has 4 nitrogen and oxygen atoms in total. The number of para-hydroxylation sites is 1. The van der Waals surface area contributed by atoms with E-state index < -0.39 is 6.03 Å². The Bertz CT molecular complexity index is 610. The molecule has 2 aromatic carbocycles. The van der Waals surface area contributed by atoms with E-state index in [-0.39, 0.29) is 6.73 Å². The Kier molecular flexibility index (Phi) is 5.31. The van der Waals surface area contributed by atoms with Crippen molar-refractivity contribution in [3.05, 3.63) is 58.1 Å². The molecule has 0 unspecified atom stereocenters. The number of nitrogens with one attached hydrogen (secondary N) is 2. The molecule has 2 rings (SSSR count). The maximum atomic E-state index is 11.7. The molecule has 110 valence electrons. The van der Waals surface area contributed by atoms with Crippen LogP contribution in [0, 0.1) is 6.92 Å². The van der Waals surface area contributed by atoms with Crippen LogP contribution in [0.15, 0.2) is 42.5 Å². The molecular formula is C15H14Cl2N2O2. The van der Waals surface area contributed by atoms with Crippen LogP contribution in [0.3, 0.4) is 0 Å². The lowest BCUT2D eigenvalue weighted by molar-refractivity contribution is 0.234. The summed E-state index contributed by atoms with van der Waals surface area (Å²) in [6.45, 7) is 2.03. The molecule has 0 aliphatic rings. The summed E-state index contributed by atoms with van der Waals surface area (Å²) in [6.07, 6.45) is 0. The van der Waals surface area contributed by atoms with Gasteiger partial charge in [0.05, 0.1) is 15.7 Å². The van der Waals surface area contributed by atoms with Crippen LogP contribution < -0.4 is 15.4 Å². The molecular weight excluding hydrogens is 311 g/mol. The number of amides is 2. The Morgan fingerprint density at radius 3 is 2.33 bits per heavy atom. The van der Waals surface area contributed by atoms with Gasteiger partial charge in [0.1, 0.15) is 5.75 Å². The molecule has 0 aromatic heterocycles. The third-order valence-corrected chi connectivity index (χ3v) is 3.32. The lowest BCUT2D eigenvalue weighted by Gasteiger charge is -2.11. The van der Waals surface area contributed by atoms with Gasteiger partial charge in [-0.15, -0.1) is 0 Å². The van der Waals surface area contributed by atoms with Gasteiger partial charge in [0, 0.05) is 0 Å². The molecule has 0 heterocycles. The van der Waals surface area contributed by atoms with Gasteiger partial charge in [-0.25, -0.2) is 4.79 Å². The Balaban J connectivity index is 1.84. The molecule has 0 bridgehead atoms. The predicted octanol–water partition coefficient (Wildman–Crippen LogP) is 4.46. The topological polar surface area (TPSA) is 50.4 Å². The summed E-state index contributed by atoms with van der Waals surface area (Å²) in [5.41, 5.74) is 1.51. The van der Waals surface area contributed by atoms with Crippen LogP contribution in [-0.2, 0) is 0 Å². The van der Waals surface area contributed by atoms with Gasteiger partial charge in [-0.05, 0) is 31.2 Å². The number of halogens is 2. The maximum Gasteiger partial charge on any atom is 0.321 e. The zero-order chi connectivity index (χ0) is 15.2. The van der Waals surface area contributed by atoms with Crippen molar-refractivity contribution in [2.24, 2.45) is 0 Å². The number of aryl methyl sites for hydroxylation is 1. The quantitative estimate of drug-likeness (QED) is 0.816. The fourth-order valence-corrected chi connectivity index (χ4v) is 2.09. The van der Waals surface area contributed by atoms with Crippen molar-refractivity contribution in [3.8, 4) is 5.75 Å². The molecule has 2 amide bonds. The van der Waals surface area contributed by atoms with E-state index in [2.05, 4.69) is 10.6 Å². The highest BCUT2D eigenvalue weighted by Gasteiger charge is 2.08. The lowest BCUT2D eigenvalue weighted by Crippen LogP contribution is -2.32. The van der Waals surface area contributed by atoms with Gasteiger partial charge in [0.2, 0.25) is 0 Å². The van der Waals surface area contributed by atoms with Crippen LogP contribution in [0.2, 0.25) is 10.0 Å². The molecule has 2 N–H and O–H groups in total. The summed E-state index contributed by atoms with van der Waals surface area (Å²) in [6, 6.07) is 12.1. The first-order chi connectivity index (χ1) is 10.1. The molecule has 2 aromatic rings. The minimum Gasteiger partial charge on any atom is -0.473 e. The number of anilines is 1. The molecule has 6 heteroatoms. The van der Waals surface area contributed by atoms with Crippen molar-refractivity contribution in [3.63, 3.8) is 0 Å². The third kappa shape index (κ3) is 4.55. The summed E-state index contributed by atoms with van der Waals surface area (Å²) >= 11 is 11.9. The standard InChI is InChI=1S/C15H14Cl2N2O2/c1-10-5-7-11(8-6-10)21-9-18-15(20)19-14-12(16)3-2-4-13(14)17/h2-8H,9H2,1H3,(H2,18,19,20). The first kappa shape index (κ1) is 15.5. The maximum absolute atomic E-state index is 11.7. The molecule has 0 fully saturated rings. The Labute approximate surface area is 133 Å². The van der Waals surface area contributed by atoms with Crippen molar-refractivity contribution in [2.75, 3.05) is 12.0 Å². The van der Waals surface area contributed by atoms with Gasteiger partial charge in [-0.1, -0.05) is 47.0 Å². The van der Waals surface area contributed by atoms with E-state index in [0.29, 0.717) is 21.5 Å². The normalized spacial score (nSPS) is 10.0. The number of ether oxygens (including phenoxy) is 1. The minimum atomic E-state index is -0.447. The second-order valence-corrected chi connectivity index (χ2v) is 5.14. The van der Waals surface area contributed by atoms with Crippen molar-refractivity contribution in [1.82, 2.24) is 5.32 Å². The Hall–Kier alpha value is -1.91. The highest BCUT2D eigenvalue weighted by atomic mass is 35.5. The molecule has 0 saturated carbocycles. The summed E-state index contributed by atoms with van der Waals surface area (Å²) in [5, 5.41) is 5.88. The molecule has 0 atom stereocenters. The average Bonchev–Trinajstić information content (AvgIpc) is 2.45. The Morgan fingerprint density at radius 1 is 1.10 bits per heavy atom. The largest absolute Gasteiger partial charge is 0.473 e. The van der Waals surface area contributed by atoms with E-state index in [0.717, 1.165) is 5.56 Å². The molecule has 0 aliphatic heterocycles. The SMILES string of the molecule is Cc1ccc(OCNC(=O)Nc2c(Cl)cccc2Cl)cc1. The predicted molar refractivity (Wildman–Crippen MR) is 85.3 cm³/mol. The fourth-order valence-electron chi connectivity index (χ4n) is 1.59. The van der Waals surface area contributed by atoms with Crippen LogP contribution in [0.4, 0.5) is 10.5 Å². The van der Waals surface area contributed by atoms with E-state index in [1.165, 1.54) is 0 Å². The van der Waals surface area contributed by atoms with Gasteiger partial charge < -0.3 is 15.4 Å². The van der Waals surface area contributed by atoms with Gasteiger partial charge in [0.25, 0.3) is 0 Å². The van der Waals surface area contributed by atoms with Crippen LogP contribution in [-0.4, -0.2) is 12.8 Å². The molecule has 21 heavy (non-hydrogen) atoms. The summed E-state index contributed by atoms with van der Waals surface area (Å²) in [5.74, 6) is 0.677. The molecule has 0 aliphatic carbocycles. The van der Waals surface area contributed by atoms with E-state index in [4.69, 9.17) is 27.9 Å². The highest BCUT2D eigenvalue weighted by Crippen LogP contribution is 2.29. The van der Waals surface area contributed by atoms with E-state index in [1.807, 2.05) is 31.2 Å². The number of hydrogen-bond acceptors (Lipinski definition) is 2. The zero-order valence-electron chi connectivity index (χ0n) is 11.3. The number of carbonyl (C=O) groups is 1. The Morgan fingerprint density at radius 2 is 1.71 bits per heavy atom. The number of urea groups is 1. The number of rotatable bonds is 4.